The van der Waals surface area contributed by atoms with Crippen LogP contribution in [0.15, 0.2) is 42.6 Å². The van der Waals surface area contributed by atoms with Crippen LogP contribution in [0.4, 0.5) is 10.2 Å². The summed E-state index contributed by atoms with van der Waals surface area (Å²) in [6.07, 6.45) is 6.62. The van der Waals surface area contributed by atoms with E-state index in [1.807, 2.05) is 24.3 Å². The SMILES string of the molecule is COCCCN1CCC(Oc2nc(N3C[C@H]4CC[C@@H](C3)N4)c3cnc(-c4cc(O)cc5ccccc45)c(F)c3n2)CC1. The standard InChI is InChI=1S/C32H37FN6O3/c1-41-14-4-11-38-12-9-24(10-13-38)42-32-36-30-27(31(37-32)39-18-21-7-8-22(19-39)35-21)17-34-29(28(30)33)26-16-23(40)15-20-5-2-3-6-25(20)26/h2-3,5-6,15-17,21-22,24,35,40H,4,7-14,18-19H2,1H3/t21-,22+. The Morgan fingerprint density at radius 3 is 2.60 bits per heavy atom. The molecule has 0 spiro atoms. The molecule has 0 aliphatic carbocycles. The number of phenols is 1. The Hall–Kier alpha value is -3.60. The highest BCUT2D eigenvalue weighted by Crippen LogP contribution is 2.37. The van der Waals surface area contributed by atoms with E-state index in [-0.39, 0.29) is 29.1 Å². The molecule has 0 amide bonds. The van der Waals surface area contributed by atoms with Crippen LogP contribution in [0, 0.1) is 5.82 Å². The summed E-state index contributed by atoms with van der Waals surface area (Å²) in [6.45, 7) is 5.23. The van der Waals surface area contributed by atoms with Gasteiger partial charge in [-0.1, -0.05) is 24.3 Å². The van der Waals surface area contributed by atoms with Crippen LogP contribution in [0.3, 0.4) is 0 Å². The lowest BCUT2D eigenvalue weighted by atomic mass is 10.00. The van der Waals surface area contributed by atoms with Crippen molar-refractivity contribution in [1.29, 1.82) is 0 Å². The van der Waals surface area contributed by atoms with E-state index in [0.29, 0.717) is 28.9 Å². The largest absolute Gasteiger partial charge is 0.508 e. The van der Waals surface area contributed by atoms with Gasteiger partial charge in [0.2, 0.25) is 0 Å². The van der Waals surface area contributed by atoms with Crippen molar-refractivity contribution in [3.05, 3.63) is 48.4 Å². The van der Waals surface area contributed by atoms with Gasteiger partial charge in [-0.15, -0.1) is 0 Å². The van der Waals surface area contributed by atoms with Gasteiger partial charge in [-0.2, -0.15) is 9.97 Å². The number of methoxy groups -OCH3 is 1. The summed E-state index contributed by atoms with van der Waals surface area (Å²) in [7, 11) is 1.73. The second-order valence-electron chi connectivity index (χ2n) is 11.8. The summed E-state index contributed by atoms with van der Waals surface area (Å²) in [5, 5.41) is 16.3. The van der Waals surface area contributed by atoms with Gasteiger partial charge in [0.05, 0.1) is 5.39 Å². The predicted molar refractivity (Wildman–Crippen MR) is 161 cm³/mol. The minimum atomic E-state index is -0.539. The number of aromatic nitrogens is 3. The molecule has 3 aliphatic heterocycles. The second kappa shape index (κ2) is 11.6. The maximum Gasteiger partial charge on any atom is 0.319 e. The number of benzene rings is 2. The summed E-state index contributed by atoms with van der Waals surface area (Å²) < 4.78 is 28.1. The normalized spacial score (nSPS) is 21.4. The number of hydrogen-bond acceptors (Lipinski definition) is 9. The zero-order valence-corrected chi connectivity index (χ0v) is 23.9. The Morgan fingerprint density at radius 2 is 1.81 bits per heavy atom. The molecule has 4 aromatic rings. The van der Waals surface area contributed by atoms with E-state index < -0.39 is 5.82 Å². The van der Waals surface area contributed by atoms with Gasteiger partial charge in [0.25, 0.3) is 0 Å². The van der Waals surface area contributed by atoms with Crippen molar-refractivity contribution in [2.24, 2.45) is 0 Å². The maximum atomic E-state index is 16.5. The van der Waals surface area contributed by atoms with Crippen LogP contribution in [-0.2, 0) is 4.74 Å². The first-order chi connectivity index (χ1) is 20.6. The number of hydrogen-bond donors (Lipinski definition) is 2. The molecule has 0 radical (unpaired) electrons. The van der Waals surface area contributed by atoms with Crippen molar-refractivity contribution in [3.63, 3.8) is 0 Å². The number of rotatable bonds is 8. The fourth-order valence-corrected chi connectivity index (χ4v) is 6.80. The molecule has 0 unspecified atom stereocenters. The van der Waals surface area contributed by atoms with Crippen LogP contribution < -0.4 is 15.0 Å². The number of piperazine rings is 1. The summed E-state index contributed by atoms with van der Waals surface area (Å²) in [5.41, 5.74) is 0.860. The lowest BCUT2D eigenvalue weighted by Gasteiger charge is -2.35. The quantitative estimate of drug-likeness (QED) is 0.296. The minimum absolute atomic E-state index is 0.0347. The van der Waals surface area contributed by atoms with Crippen molar-refractivity contribution in [1.82, 2.24) is 25.2 Å². The molecular formula is C32H37FN6O3. The predicted octanol–water partition coefficient (Wildman–Crippen LogP) is 4.51. The van der Waals surface area contributed by atoms with E-state index in [9.17, 15) is 5.11 Å². The number of nitrogens with one attached hydrogen (secondary N) is 1. The number of nitrogens with zero attached hydrogens (tertiary/aromatic N) is 5. The zero-order valence-electron chi connectivity index (χ0n) is 23.9. The molecule has 10 heteroatoms. The first kappa shape index (κ1) is 27.2. The third-order valence-corrected chi connectivity index (χ3v) is 8.89. The Balaban J connectivity index is 1.26. The molecule has 2 atom stereocenters. The average molecular weight is 573 g/mol. The van der Waals surface area contributed by atoms with Crippen LogP contribution in [0.25, 0.3) is 32.9 Å². The van der Waals surface area contributed by atoms with Crippen LogP contribution in [-0.4, -0.2) is 89.6 Å². The number of ether oxygens (including phenoxy) is 2. The number of likely N-dealkylation sites (tertiary alicyclic amines) is 1. The van der Waals surface area contributed by atoms with E-state index in [0.717, 1.165) is 82.2 Å². The first-order valence-corrected chi connectivity index (χ1v) is 15.0. The van der Waals surface area contributed by atoms with Gasteiger partial charge >= 0.3 is 6.01 Å². The fourth-order valence-electron chi connectivity index (χ4n) is 6.80. The van der Waals surface area contributed by atoms with Gasteiger partial charge in [0.1, 0.15) is 28.9 Å². The third kappa shape index (κ3) is 5.34. The van der Waals surface area contributed by atoms with Crippen LogP contribution >= 0.6 is 0 Å². The summed E-state index contributed by atoms with van der Waals surface area (Å²) in [6, 6.07) is 11.8. The Labute approximate surface area is 244 Å². The molecule has 3 aliphatic rings. The van der Waals surface area contributed by atoms with Crippen LogP contribution in [0.1, 0.15) is 32.1 Å². The zero-order chi connectivity index (χ0) is 28.6. The van der Waals surface area contributed by atoms with Crippen molar-refractivity contribution >= 4 is 27.5 Å². The molecule has 2 aromatic heterocycles. The third-order valence-electron chi connectivity index (χ3n) is 8.89. The molecule has 0 saturated carbocycles. The van der Waals surface area contributed by atoms with Gasteiger partial charge in [0, 0.05) is 70.3 Å². The van der Waals surface area contributed by atoms with Crippen molar-refractivity contribution in [3.8, 4) is 23.0 Å². The molecule has 5 heterocycles. The Kier molecular flexibility index (Phi) is 7.52. The highest BCUT2D eigenvalue weighted by molar-refractivity contribution is 5.99. The van der Waals surface area contributed by atoms with Gasteiger partial charge in [0.15, 0.2) is 5.82 Å². The second-order valence-corrected chi connectivity index (χ2v) is 11.8. The number of anilines is 1. The Bertz CT molecular complexity index is 1580. The highest BCUT2D eigenvalue weighted by Gasteiger charge is 2.34. The maximum absolute atomic E-state index is 16.5. The smallest absolute Gasteiger partial charge is 0.319 e. The van der Waals surface area contributed by atoms with Gasteiger partial charge in [-0.3, -0.25) is 4.98 Å². The van der Waals surface area contributed by atoms with Crippen molar-refractivity contribution in [2.75, 3.05) is 51.3 Å². The van der Waals surface area contributed by atoms with Crippen LogP contribution in [0.2, 0.25) is 0 Å². The fraction of sp³-hybridized carbons (Fsp3) is 0.469. The molecule has 9 nitrogen and oxygen atoms in total. The molecular weight excluding hydrogens is 535 g/mol. The molecule has 7 rings (SSSR count). The molecule has 2 bridgehead atoms. The summed E-state index contributed by atoms with van der Waals surface area (Å²) in [5.74, 6) is 0.189. The molecule has 220 valence electrons. The van der Waals surface area contributed by atoms with E-state index in [1.165, 1.54) is 0 Å². The van der Waals surface area contributed by atoms with E-state index in [4.69, 9.17) is 14.5 Å². The number of phenolic OH excluding ortho intramolecular Hbond substituents is 1. The van der Waals surface area contributed by atoms with E-state index in [1.54, 1.807) is 25.4 Å². The van der Waals surface area contributed by atoms with Crippen LogP contribution in [0.5, 0.6) is 11.8 Å². The van der Waals surface area contributed by atoms with Gasteiger partial charge in [-0.05, 0) is 55.0 Å². The average Bonchev–Trinajstić information content (AvgIpc) is 3.34. The molecule has 2 aromatic carbocycles. The lowest BCUT2D eigenvalue weighted by molar-refractivity contribution is 0.0866. The van der Waals surface area contributed by atoms with Gasteiger partial charge < -0.3 is 29.7 Å². The number of aromatic hydroxyl groups is 1. The van der Waals surface area contributed by atoms with Crippen molar-refractivity contribution < 1.29 is 19.0 Å². The molecule has 42 heavy (non-hydrogen) atoms. The molecule has 2 N–H and O–H groups in total. The van der Waals surface area contributed by atoms with Gasteiger partial charge in [-0.25, -0.2) is 4.39 Å². The summed E-state index contributed by atoms with van der Waals surface area (Å²) >= 11 is 0. The number of pyridine rings is 1. The monoisotopic (exact) mass is 572 g/mol. The molecule has 3 fully saturated rings. The topological polar surface area (TPSA) is 95.9 Å². The molecule has 3 saturated heterocycles. The number of halogens is 1. The first-order valence-electron chi connectivity index (χ1n) is 15.0. The number of fused-ring (bicyclic) bond motifs is 4. The minimum Gasteiger partial charge on any atom is -0.508 e. The lowest BCUT2D eigenvalue weighted by Crippen LogP contribution is -2.51. The summed E-state index contributed by atoms with van der Waals surface area (Å²) in [4.78, 5) is 18.8. The highest BCUT2D eigenvalue weighted by atomic mass is 19.1. The van der Waals surface area contributed by atoms with E-state index >= 15 is 4.39 Å². The Morgan fingerprint density at radius 1 is 1.02 bits per heavy atom. The van der Waals surface area contributed by atoms with E-state index in [2.05, 4.69) is 25.1 Å². The van der Waals surface area contributed by atoms with Crippen molar-refractivity contribution in [2.45, 2.75) is 50.3 Å². The number of piperidine rings is 1.